The van der Waals surface area contributed by atoms with Gasteiger partial charge in [0.1, 0.15) is 5.82 Å². The lowest BCUT2D eigenvalue weighted by molar-refractivity contribution is -0.391. The van der Waals surface area contributed by atoms with Crippen molar-refractivity contribution >= 4 is 11.7 Å². The van der Waals surface area contributed by atoms with Gasteiger partial charge in [-0.25, -0.2) is 4.39 Å². The molecule has 0 spiro atoms. The molecule has 2 aliphatic rings. The summed E-state index contributed by atoms with van der Waals surface area (Å²) in [4.78, 5) is 17.1. The molecule has 0 saturated heterocycles. The van der Waals surface area contributed by atoms with Gasteiger partial charge in [0.25, 0.3) is 5.69 Å². The number of nitrogens with zero attached hydrogens (tertiary/aromatic N) is 5. The van der Waals surface area contributed by atoms with Crippen molar-refractivity contribution < 1.29 is 18.8 Å². The Balaban J connectivity index is 1.71. The fraction of sp³-hybridized carbons (Fsp3) is 0.308. The highest BCUT2D eigenvalue weighted by molar-refractivity contribution is 6.00. The number of hydrogen-bond donors (Lipinski definition) is 0. The smallest absolute Gasteiger partial charge is 0.372 e. The molecule has 2 heterocycles. The van der Waals surface area contributed by atoms with Gasteiger partial charge in [-0.05, 0) is 46.2 Å². The lowest BCUT2D eigenvalue weighted by Gasteiger charge is -2.24. The van der Waals surface area contributed by atoms with E-state index in [2.05, 4.69) is 20.1 Å². The van der Waals surface area contributed by atoms with E-state index in [-0.39, 0.29) is 30.1 Å². The van der Waals surface area contributed by atoms with Crippen molar-refractivity contribution in [2.45, 2.75) is 18.9 Å². The fourth-order valence-electron chi connectivity index (χ4n) is 3.00. The normalized spacial score (nSPS) is 19.4. The van der Waals surface area contributed by atoms with Gasteiger partial charge in [0.05, 0.1) is 6.04 Å². The molecule has 1 unspecified atom stereocenters. The first-order chi connectivity index (χ1) is 11.1. The van der Waals surface area contributed by atoms with Crippen LogP contribution >= 0.6 is 0 Å². The summed E-state index contributed by atoms with van der Waals surface area (Å²) in [5.74, 6) is -0.694. The summed E-state index contributed by atoms with van der Waals surface area (Å²) in [6.45, 7) is 0.0972. The molecule has 9 nitrogen and oxygen atoms in total. The van der Waals surface area contributed by atoms with Gasteiger partial charge in [0.2, 0.25) is 5.84 Å². The zero-order valence-electron chi connectivity index (χ0n) is 11.7. The summed E-state index contributed by atoms with van der Waals surface area (Å²) in [5.41, 5.74) is 1.76. The minimum atomic E-state index is -0.701. The second-order valence-corrected chi connectivity index (χ2v) is 5.23. The third kappa shape index (κ3) is 2.10. The Bertz CT molecular complexity index is 820. The van der Waals surface area contributed by atoms with E-state index in [9.17, 15) is 14.5 Å². The number of benzene rings is 1. The van der Waals surface area contributed by atoms with Crippen LogP contribution in [0, 0.1) is 15.9 Å². The maximum atomic E-state index is 13.6. The van der Waals surface area contributed by atoms with Crippen LogP contribution in [0.15, 0.2) is 28.0 Å². The number of hydrogen-bond acceptors (Lipinski definition) is 8. The lowest BCUT2D eigenvalue weighted by Crippen LogP contribution is -2.32. The number of aryl methyl sites for hydroxylation is 1. The van der Waals surface area contributed by atoms with Gasteiger partial charge in [-0.3, -0.25) is 0 Å². The van der Waals surface area contributed by atoms with E-state index < -0.39 is 10.7 Å². The van der Waals surface area contributed by atoms with E-state index in [1.807, 2.05) is 0 Å². The highest BCUT2D eigenvalue weighted by atomic mass is 19.1. The average Bonchev–Trinajstić information content (AvgIpc) is 3.24. The molecular formula is C13H10FN5O4. The number of halogens is 1. The summed E-state index contributed by atoms with van der Waals surface area (Å²) < 4.78 is 18.0. The second-order valence-electron chi connectivity index (χ2n) is 5.23. The van der Waals surface area contributed by atoms with E-state index in [4.69, 9.17) is 4.84 Å². The highest BCUT2D eigenvalue weighted by Crippen LogP contribution is 2.38. The molecule has 118 valence electrons. The molecule has 1 aliphatic carbocycles. The monoisotopic (exact) mass is 319 g/mol. The first-order valence-corrected chi connectivity index (χ1v) is 6.87. The molecular weight excluding hydrogens is 309 g/mol. The number of rotatable bonds is 3. The Labute approximate surface area is 128 Å². The summed E-state index contributed by atoms with van der Waals surface area (Å²) in [6.07, 6.45) is 1.50. The Morgan fingerprint density at radius 3 is 3.09 bits per heavy atom. The van der Waals surface area contributed by atoms with Crippen LogP contribution in [0.2, 0.25) is 0 Å². The van der Waals surface area contributed by atoms with Gasteiger partial charge in [-0.2, -0.15) is 0 Å². The molecule has 1 atom stereocenters. The van der Waals surface area contributed by atoms with Crippen molar-refractivity contribution in [2.24, 2.45) is 5.16 Å². The van der Waals surface area contributed by atoms with Crippen LogP contribution in [0.25, 0.3) is 0 Å². The van der Waals surface area contributed by atoms with Crippen LogP contribution in [-0.4, -0.2) is 32.7 Å². The standard InChI is InChI=1S/C13H10FN5O4/c14-8-3-1-7-2-4-10(9(7)5-8)18-6-22-16-12(18)11-13(19(20)21)17-23-15-11/h1,3,5,10H,2,4,6H2. The molecule has 0 N–H and O–H groups in total. The molecule has 0 saturated carbocycles. The van der Waals surface area contributed by atoms with E-state index in [1.165, 1.54) is 12.1 Å². The first kappa shape index (κ1) is 13.6. The van der Waals surface area contributed by atoms with E-state index in [1.54, 1.807) is 11.0 Å². The van der Waals surface area contributed by atoms with E-state index in [0.717, 1.165) is 24.0 Å². The van der Waals surface area contributed by atoms with Gasteiger partial charge in [0, 0.05) is 0 Å². The molecule has 4 rings (SSSR count). The van der Waals surface area contributed by atoms with Gasteiger partial charge in [0.15, 0.2) is 11.9 Å². The van der Waals surface area contributed by atoms with Gasteiger partial charge in [-0.15, -0.1) is 4.63 Å². The molecule has 0 amide bonds. The molecule has 0 bridgehead atoms. The molecule has 1 aromatic carbocycles. The van der Waals surface area contributed by atoms with E-state index >= 15 is 0 Å². The average molecular weight is 319 g/mol. The van der Waals surface area contributed by atoms with Crippen molar-refractivity contribution in [3.63, 3.8) is 0 Å². The van der Waals surface area contributed by atoms with Crippen molar-refractivity contribution in [3.05, 3.63) is 51.0 Å². The predicted octanol–water partition coefficient (Wildman–Crippen LogP) is 1.76. The molecule has 0 fully saturated rings. The minimum absolute atomic E-state index is 0.0972. The zero-order chi connectivity index (χ0) is 16.0. The number of nitro groups is 1. The fourth-order valence-corrected chi connectivity index (χ4v) is 3.00. The highest BCUT2D eigenvalue weighted by Gasteiger charge is 2.39. The molecule has 2 aromatic rings. The third-order valence-electron chi connectivity index (χ3n) is 4.01. The molecule has 1 aliphatic heterocycles. The van der Waals surface area contributed by atoms with Crippen LogP contribution in [0.1, 0.15) is 29.3 Å². The number of oxime groups is 1. The Morgan fingerprint density at radius 2 is 2.26 bits per heavy atom. The third-order valence-corrected chi connectivity index (χ3v) is 4.01. The zero-order valence-corrected chi connectivity index (χ0v) is 11.7. The van der Waals surface area contributed by atoms with Crippen LogP contribution in [0.3, 0.4) is 0 Å². The van der Waals surface area contributed by atoms with Gasteiger partial charge < -0.3 is 19.9 Å². The van der Waals surface area contributed by atoms with Crippen molar-refractivity contribution in [2.75, 3.05) is 6.73 Å². The van der Waals surface area contributed by atoms with Crippen molar-refractivity contribution in [1.82, 2.24) is 15.2 Å². The van der Waals surface area contributed by atoms with Crippen LogP contribution in [0.4, 0.5) is 10.2 Å². The molecule has 10 heteroatoms. The van der Waals surface area contributed by atoms with Crippen LogP contribution in [-0.2, 0) is 11.3 Å². The maximum absolute atomic E-state index is 13.6. The number of fused-ring (bicyclic) bond motifs is 1. The van der Waals surface area contributed by atoms with E-state index in [0.29, 0.717) is 0 Å². The second kappa shape index (κ2) is 5.00. The molecule has 0 radical (unpaired) electrons. The maximum Gasteiger partial charge on any atom is 0.446 e. The summed E-state index contributed by atoms with van der Waals surface area (Å²) in [7, 11) is 0. The van der Waals surface area contributed by atoms with Crippen LogP contribution in [0.5, 0.6) is 0 Å². The first-order valence-electron chi connectivity index (χ1n) is 6.87. The Morgan fingerprint density at radius 1 is 1.39 bits per heavy atom. The summed E-state index contributed by atoms with van der Waals surface area (Å²) >= 11 is 0. The predicted molar refractivity (Wildman–Crippen MR) is 72.7 cm³/mol. The largest absolute Gasteiger partial charge is 0.446 e. The topological polar surface area (TPSA) is 107 Å². The lowest BCUT2D eigenvalue weighted by atomic mass is 10.1. The number of amidine groups is 1. The molecule has 1 aromatic heterocycles. The molecule has 23 heavy (non-hydrogen) atoms. The van der Waals surface area contributed by atoms with Crippen molar-refractivity contribution in [1.29, 1.82) is 0 Å². The quantitative estimate of drug-likeness (QED) is 0.626. The Kier molecular flexibility index (Phi) is 2.96. The summed E-state index contributed by atoms with van der Waals surface area (Å²) in [5, 5.41) is 21.6. The van der Waals surface area contributed by atoms with Crippen molar-refractivity contribution in [3.8, 4) is 0 Å². The van der Waals surface area contributed by atoms with Gasteiger partial charge >= 0.3 is 5.82 Å². The SMILES string of the molecule is O=[N+]([O-])c1nonc1C1=NOCN1C1CCc2ccc(F)cc21. The van der Waals surface area contributed by atoms with Crippen LogP contribution < -0.4 is 0 Å². The van der Waals surface area contributed by atoms with Gasteiger partial charge in [-0.1, -0.05) is 11.2 Å². The summed E-state index contributed by atoms with van der Waals surface area (Å²) in [6, 6.07) is 4.44. The Hall–Kier alpha value is -3.04. The minimum Gasteiger partial charge on any atom is -0.372 e. The number of aromatic nitrogens is 2.